The molecular weight excluding hydrogens is 476 g/mol. The molecule has 4 rings (SSSR count). The minimum atomic E-state index is -0.198. The van der Waals surface area contributed by atoms with Gasteiger partial charge < -0.3 is 20.3 Å². The van der Waals surface area contributed by atoms with Gasteiger partial charge in [0, 0.05) is 30.5 Å². The van der Waals surface area contributed by atoms with Crippen LogP contribution in [0.3, 0.4) is 0 Å². The van der Waals surface area contributed by atoms with Gasteiger partial charge in [0.15, 0.2) is 0 Å². The number of thiazole rings is 1. The number of carbonyl (C=O) groups excluding carboxylic acids is 1. The molecule has 0 spiro atoms. The highest BCUT2D eigenvalue weighted by atomic mass is 32.1. The molecular formula is C26H32N6O3S. The summed E-state index contributed by atoms with van der Waals surface area (Å²) in [5, 5.41) is 15.9. The van der Waals surface area contributed by atoms with Crippen LogP contribution in [0.4, 0.5) is 5.69 Å². The highest BCUT2D eigenvalue weighted by molar-refractivity contribution is 7.07. The van der Waals surface area contributed by atoms with Crippen molar-refractivity contribution >= 4 is 40.6 Å². The Balaban J connectivity index is 1.48. The molecule has 2 aromatic rings. The summed E-state index contributed by atoms with van der Waals surface area (Å²) in [6.45, 7) is 8.57. The van der Waals surface area contributed by atoms with E-state index in [4.69, 9.17) is 4.74 Å². The van der Waals surface area contributed by atoms with Crippen LogP contribution in [-0.2, 0) is 11.3 Å². The second-order valence-electron chi connectivity index (χ2n) is 8.93. The minimum absolute atomic E-state index is 0.0210. The highest BCUT2D eigenvalue weighted by Crippen LogP contribution is 2.12. The van der Waals surface area contributed by atoms with Crippen LogP contribution in [0.2, 0.25) is 0 Å². The predicted molar refractivity (Wildman–Crippen MR) is 143 cm³/mol. The maximum Gasteiger partial charge on any atom is 0.270 e. The van der Waals surface area contributed by atoms with Crippen molar-refractivity contribution in [3.63, 3.8) is 0 Å². The van der Waals surface area contributed by atoms with Gasteiger partial charge in [0.1, 0.15) is 27.4 Å². The molecule has 1 aromatic heterocycles. The third kappa shape index (κ3) is 6.04. The minimum Gasteiger partial charge on any atom is -0.475 e. The molecule has 0 saturated carbocycles. The number of nitrogens with zero attached hydrogens (tertiary/aromatic N) is 4. The molecule has 2 aliphatic rings. The largest absolute Gasteiger partial charge is 0.475 e. The summed E-state index contributed by atoms with van der Waals surface area (Å²) in [4.78, 5) is 32.4. The van der Waals surface area contributed by atoms with E-state index in [9.17, 15) is 14.9 Å². The molecule has 0 unspecified atom stereocenters. The van der Waals surface area contributed by atoms with Crippen LogP contribution in [0, 0.1) is 11.3 Å². The Morgan fingerprint density at radius 3 is 2.86 bits per heavy atom. The second kappa shape index (κ2) is 12.0. The SMILES string of the molecule is CCn1c(=C(C#N)C2=N[C@@H](C)CO2)sc(=CNc2cccc(C(=O)NCCCN3CCCC3)c2)c1=O. The number of anilines is 1. The van der Waals surface area contributed by atoms with Crippen LogP contribution >= 0.6 is 11.3 Å². The van der Waals surface area contributed by atoms with Crippen LogP contribution in [0.5, 0.6) is 0 Å². The number of amides is 1. The zero-order valence-electron chi connectivity index (χ0n) is 20.7. The van der Waals surface area contributed by atoms with E-state index in [1.165, 1.54) is 24.2 Å². The fraction of sp³-hybridized carbons (Fsp3) is 0.462. The lowest BCUT2D eigenvalue weighted by Crippen LogP contribution is -2.32. The number of carbonyl (C=O) groups is 1. The van der Waals surface area contributed by atoms with E-state index in [1.54, 1.807) is 29.0 Å². The van der Waals surface area contributed by atoms with Crippen LogP contribution in [0.1, 0.15) is 43.5 Å². The third-order valence-corrected chi connectivity index (χ3v) is 7.32. The lowest BCUT2D eigenvalue weighted by Gasteiger charge is -2.14. The van der Waals surface area contributed by atoms with E-state index < -0.39 is 0 Å². The Morgan fingerprint density at radius 1 is 1.36 bits per heavy atom. The summed E-state index contributed by atoms with van der Waals surface area (Å²) in [6.07, 6.45) is 5.08. The lowest BCUT2D eigenvalue weighted by molar-refractivity contribution is 0.0952. The van der Waals surface area contributed by atoms with Crippen LogP contribution in [-0.4, -0.2) is 60.1 Å². The van der Waals surface area contributed by atoms with Crippen LogP contribution < -0.4 is 25.4 Å². The molecule has 190 valence electrons. The quantitative estimate of drug-likeness (QED) is 0.497. The van der Waals surface area contributed by atoms with Crippen molar-refractivity contribution in [3.05, 3.63) is 49.4 Å². The van der Waals surface area contributed by atoms with Gasteiger partial charge in [0.25, 0.3) is 11.5 Å². The molecule has 0 bridgehead atoms. The first-order valence-corrected chi connectivity index (χ1v) is 13.2. The van der Waals surface area contributed by atoms with E-state index in [1.807, 2.05) is 19.9 Å². The van der Waals surface area contributed by atoms with Gasteiger partial charge in [0.05, 0.1) is 6.04 Å². The molecule has 0 aliphatic carbocycles. The van der Waals surface area contributed by atoms with Gasteiger partial charge in [-0.15, -0.1) is 11.3 Å². The number of likely N-dealkylation sites (tertiary alicyclic amines) is 1. The summed E-state index contributed by atoms with van der Waals surface area (Å²) in [6, 6.07) is 9.30. The molecule has 2 N–H and O–H groups in total. The number of hydrogen-bond acceptors (Lipinski definition) is 8. The van der Waals surface area contributed by atoms with Crippen molar-refractivity contribution in [2.24, 2.45) is 4.99 Å². The standard InChI is InChI=1S/C26H32N6O3S/c1-3-32-25(34)22(36-26(32)21(15-27)24-30-18(2)17-35-24)16-29-20-9-6-8-19(14-20)23(33)28-10-7-13-31-11-4-5-12-31/h6,8-9,14,16,18,29H,3-5,7,10-13,17H2,1-2H3,(H,28,33)/t18-/m0/s1. The number of ether oxygens (including phenoxy) is 1. The van der Waals surface area contributed by atoms with Crippen molar-refractivity contribution in [2.45, 2.75) is 45.7 Å². The number of aromatic nitrogens is 1. The zero-order valence-corrected chi connectivity index (χ0v) is 21.6. The molecule has 2 aliphatic heterocycles. The fourth-order valence-electron chi connectivity index (χ4n) is 4.30. The van der Waals surface area contributed by atoms with Crippen molar-refractivity contribution in [1.82, 2.24) is 14.8 Å². The number of rotatable bonds is 9. The van der Waals surface area contributed by atoms with Gasteiger partial charge in [-0.3, -0.25) is 14.2 Å². The highest BCUT2D eigenvalue weighted by Gasteiger charge is 2.21. The molecule has 0 radical (unpaired) electrons. The van der Waals surface area contributed by atoms with E-state index in [-0.39, 0.29) is 29.0 Å². The smallest absolute Gasteiger partial charge is 0.270 e. The normalized spacial score (nSPS) is 19.0. The Kier molecular flexibility index (Phi) is 8.57. The number of nitriles is 1. The lowest BCUT2D eigenvalue weighted by atomic mass is 10.2. The Morgan fingerprint density at radius 2 is 2.17 bits per heavy atom. The fourth-order valence-corrected chi connectivity index (χ4v) is 5.38. The van der Waals surface area contributed by atoms with E-state index in [2.05, 4.69) is 26.6 Å². The van der Waals surface area contributed by atoms with Gasteiger partial charge in [-0.1, -0.05) is 6.07 Å². The molecule has 10 heteroatoms. The molecule has 3 heterocycles. The van der Waals surface area contributed by atoms with Crippen LogP contribution in [0.25, 0.3) is 11.8 Å². The zero-order chi connectivity index (χ0) is 25.5. The summed E-state index contributed by atoms with van der Waals surface area (Å²) < 4.78 is 8.08. The van der Waals surface area contributed by atoms with E-state index in [0.717, 1.165) is 26.1 Å². The topological polar surface area (TPSA) is 112 Å². The first-order chi connectivity index (χ1) is 17.5. The first-order valence-electron chi connectivity index (χ1n) is 12.4. The average Bonchev–Trinajstić information content (AvgIpc) is 3.62. The molecule has 1 fully saturated rings. The number of nitrogens with one attached hydrogen (secondary N) is 2. The second-order valence-corrected chi connectivity index (χ2v) is 9.96. The number of hydrogen-bond donors (Lipinski definition) is 2. The monoisotopic (exact) mass is 508 g/mol. The van der Waals surface area contributed by atoms with Crippen molar-refractivity contribution in [1.29, 1.82) is 5.26 Å². The molecule has 1 saturated heterocycles. The molecule has 1 amide bonds. The van der Waals surface area contributed by atoms with Crippen molar-refractivity contribution < 1.29 is 9.53 Å². The third-order valence-electron chi connectivity index (χ3n) is 6.19. The Bertz CT molecular complexity index is 1350. The van der Waals surface area contributed by atoms with E-state index in [0.29, 0.717) is 40.1 Å². The maximum atomic E-state index is 13.0. The Labute approximate surface area is 214 Å². The van der Waals surface area contributed by atoms with Gasteiger partial charge in [-0.25, -0.2) is 4.99 Å². The van der Waals surface area contributed by atoms with Crippen LogP contribution in [0.15, 0.2) is 34.1 Å². The molecule has 9 nitrogen and oxygen atoms in total. The number of benzene rings is 1. The summed E-state index contributed by atoms with van der Waals surface area (Å²) in [5.41, 5.74) is 1.32. The summed E-state index contributed by atoms with van der Waals surface area (Å²) >= 11 is 1.21. The van der Waals surface area contributed by atoms with Gasteiger partial charge in [0.2, 0.25) is 5.90 Å². The van der Waals surface area contributed by atoms with Crippen molar-refractivity contribution in [3.8, 4) is 6.07 Å². The molecule has 36 heavy (non-hydrogen) atoms. The average molecular weight is 509 g/mol. The molecule has 1 atom stereocenters. The predicted octanol–water partition coefficient (Wildman–Crippen LogP) is 1.49. The van der Waals surface area contributed by atoms with E-state index >= 15 is 0 Å². The summed E-state index contributed by atoms with van der Waals surface area (Å²) in [7, 11) is 0. The van der Waals surface area contributed by atoms with Gasteiger partial charge >= 0.3 is 0 Å². The van der Waals surface area contributed by atoms with Gasteiger partial charge in [-0.05, 0) is 70.9 Å². The maximum absolute atomic E-state index is 13.0. The number of aliphatic imine (C=N–C) groups is 1. The van der Waals surface area contributed by atoms with Gasteiger partial charge in [-0.2, -0.15) is 5.26 Å². The summed E-state index contributed by atoms with van der Waals surface area (Å²) in [5.74, 6) is 0.166. The Hall–Kier alpha value is -3.42. The van der Waals surface area contributed by atoms with Crippen molar-refractivity contribution in [2.75, 3.05) is 38.1 Å². The first kappa shape index (κ1) is 25.7. The molecule has 1 aromatic carbocycles.